The van der Waals surface area contributed by atoms with Gasteiger partial charge in [-0.2, -0.15) is 18.3 Å². The lowest BCUT2D eigenvalue weighted by Crippen LogP contribution is -2.38. The van der Waals surface area contributed by atoms with Gasteiger partial charge >= 0.3 is 12.2 Å². The van der Waals surface area contributed by atoms with Gasteiger partial charge < -0.3 is 20.5 Å². The number of morpholine rings is 1. The predicted octanol–water partition coefficient (Wildman–Crippen LogP) is 4.90. The monoisotopic (exact) mass is 625 g/mol. The summed E-state index contributed by atoms with van der Waals surface area (Å²) >= 11 is 0.678. The van der Waals surface area contributed by atoms with Crippen molar-refractivity contribution in [3.05, 3.63) is 65.9 Å². The second kappa shape index (κ2) is 12.4. The lowest BCUT2D eigenvalue weighted by atomic mass is 10.1. The van der Waals surface area contributed by atoms with Crippen molar-refractivity contribution in [1.82, 2.24) is 29.6 Å². The van der Waals surface area contributed by atoms with Crippen molar-refractivity contribution in [3.63, 3.8) is 0 Å². The van der Waals surface area contributed by atoms with Crippen molar-refractivity contribution in [2.24, 2.45) is 0 Å². The lowest BCUT2D eigenvalue weighted by molar-refractivity contribution is -0.140. The zero-order valence-electron chi connectivity index (χ0n) is 23.0. The molecular formula is C28H26F3N9O3S. The minimum atomic E-state index is -4.59. The fraction of sp³-hybridized carbons (Fsp3) is 0.250. The summed E-state index contributed by atoms with van der Waals surface area (Å²) in [6, 6.07) is 13.5. The van der Waals surface area contributed by atoms with Crippen LogP contribution in [0.25, 0.3) is 28.0 Å². The van der Waals surface area contributed by atoms with Gasteiger partial charge in [-0.25, -0.2) is 24.4 Å². The maximum atomic E-state index is 12.8. The normalized spacial score (nSPS) is 14.1. The SMILES string of the molecule is Nc1ncnc2c1c(-c1ccc(OCCN3CCOCC3)cc1)nn2-c1ccc(NC(=O)Nc2nc(C(F)(F)F)cs2)cc1. The summed E-state index contributed by atoms with van der Waals surface area (Å²) in [5.41, 5.74) is 8.08. The van der Waals surface area contributed by atoms with Gasteiger partial charge in [-0.3, -0.25) is 10.2 Å². The van der Waals surface area contributed by atoms with Crippen LogP contribution < -0.4 is 21.1 Å². The number of anilines is 3. The Kier molecular flexibility index (Phi) is 8.28. The predicted molar refractivity (Wildman–Crippen MR) is 159 cm³/mol. The number of fused-ring (bicyclic) bond motifs is 1. The van der Waals surface area contributed by atoms with Crippen LogP contribution in [0.4, 0.5) is 34.6 Å². The summed E-state index contributed by atoms with van der Waals surface area (Å²) in [6.07, 6.45) is -3.23. The number of hydrogen-bond acceptors (Lipinski definition) is 10. The number of carbonyl (C=O) groups excluding carboxylic acids is 1. The zero-order valence-corrected chi connectivity index (χ0v) is 23.9. The van der Waals surface area contributed by atoms with E-state index in [0.29, 0.717) is 46.0 Å². The van der Waals surface area contributed by atoms with E-state index in [4.69, 9.17) is 20.3 Å². The summed E-state index contributed by atoms with van der Waals surface area (Å²) in [4.78, 5) is 26.6. The molecule has 0 aliphatic carbocycles. The number of nitrogens with two attached hydrogens (primary N) is 1. The van der Waals surface area contributed by atoms with Crippen molar-refractivity contribution in [3.8, 4) is 22.7 Å². The highest BCUT2D eigenvalue weighted by Crippen LogP contribution is 2.33. The minimum Gasteiger partial charge on any atom is -0.492 e. The van der Waals surface area contributed by atoms with Crippen LogP contribution in [-0.4, -0.2) is 75.1 Å². The number of rotatable bonds is 8. The Morgan fingerprint density at radius 3 is 2.50 bits per heavy atom. The molecule has 1 aliphatic rings. The molecule has 4 N–H and O–H groups in total. The Bertz CT molecular complexity index is 1750. The standard InChI is InChI=1S/C28H26F3N9O3S/c29-28(30,31)21-15-44-27(36-21)37-26(41)35-18-3-5-19(6-4-18)40-25-22(24(32)33-16-34-25)23(38-40)17-1-7-20(8-2-17)43-14-11-39-9-12-42-13-10-39/h1-8,15-16H,9-14H2,(H2,32,33,34)(H2,35,36,37,41). The van der Waals surface area contributed by atoms with Crippen LogP contribution in [0.3, 0.4) is 0 Å². The first-order chi connectivity index (χ1) is 21.2. The number of hydrogen-bond donors (Lipinski definition) is 3. The number of alkyl halides is 3. The van der Waals surface area contributed by atoms with Gasteiger partial charge in [0.05, 0.1) is 24.3 Å². The molecular weight excluding hydrogens is 599 g/mol. The fourth-order valence-corrected chi connectivity index (χ4v) is 5.30. The van der Waals surface area contributed by atoms with Crippen molar-refractivity contribution in [2.45, 2.75) is 6.18 Å². The van der Waals surface area contributed by atoms with Crippen LogP contribution in [0.5, 0.6) is 5.75 Å². The number of nitrogen functional groups attached to an aromatic ring is 1. The number of halogens is 3. The minimum absolute atomic E-state index is 0.174. The molecule has 0 unspecified atom stereocenters. The number of benzene rings is 2. The van der Waals surface area contributed by atoms with Crippen LogP contribution in [-0.2, 0) is 10.9 Å². The third kappa shape index (κ3) is 6.56. The Labute approximate surface area is 252 Å². The molecule has 2 aromatic carbocycles. The summed E-state index contributed by atoms with van der Waals surface area (Å²) in [6.45, 7) is 4.67. The number of ether oxygens (including phenoxy) is 2. The molecule has 6 rings (SSSR count). The van der Waals surface area contributed by atoms with Gasteiger partial charge in [-0.15, -0.1) is 11.3 Å². The van der Waals surface area contributed by atoms with E-state index in [1.54, 1.807) is 28.9 Å². The van der Waals surface area contributed by atoms with E-state index in [-0.39, 0.29) is 10.9 Å². The second-order valence-corrected chi connectivity index (χ2v) is 10.6. The molecule has 5 aromatic rings. The number of carbonyl (C=O) groups is 1. The molecule has 12 nitrogen and oxygen atoms in total. The zero-order chi connectivity index (χ0) is 30.7. The third-order valence-corrected chi connectivity index (χ3v) is 7.54. The molecule has 228 valence electrons. The van der Waals surface area contributed by atoms with Gasteiger partial charge in [-0.05, 0) is 48.5 Å². The van der Waals surface area contributed by atoms with E-state index in [1.165, 1.54) is 6.33 Å². The highest BCUT2D eigenvalue weighted by atomic mass is 32.1. The summed E-state index contributed by atoms with van der Waals surface area (Å²) < 4.78 is 51.3. The fourth-order valence-electron chi connectivity index (χ4n) is 4.59. The van der Waals surface area contributed by atoms with Crippen molar-refractivity contribution >= 4 is 45.0 Å². The number of thiazole rings is 1. The van der Waals surface area contributed by atoms with E-state index in [1.807, 2.05) is 24.3 Å². The first-order valence-corrected chi connectivity index (χ1v) is 14.4. The molecule has 0 spiro atoms. The molecule has 2 amide bonds. The van der Waals surface area contributed by atoms with E-state index in [2.05, 4.69) is 30.5 Å². The van der Waals surface area contributed by atoms with Crippen LogP contribution >= 0.6 is 11.3 Å². The van der Waals surface area contributed by atoms with E-state index >= 15 is 0 Å². The molecule has 3 aromatic heterocycles. The lowest BCUT2D eigenvalue weighted by Gasteiger charge is -2.26. The topological polar surface area (TPSA) is 145 Å². The van der Waals surface area contributed by atoms with Crippen molar-refractivity contribution in [1.29, 1.82) is 0 Å². The summed E-state index contributed by atoms with van der Waals surface area (Å²) in [7, 11) is 0. The summed E-state index contributed by atoms with van der Waals surface area (Å²) in [5, 5.41) is 10.9. The first kappa shape index (κ1) is 29.3. The number of aromatic nitrogens is 5. The molecule has 1 fully saturated rings. The highest BCUT2D eigenvalue weighted by Gasteiger charge is 2.34. The van der Waals surface area contributed by atoms with Crippen LogP contribution in [0.15, 0.2) is 60.2 Å². The Hall–Kier alpha value is -4.80. The van der Waals surface area contributed by atoms with Gasteiger partial charge in [0.1, 0.15) is 30.2 Å². The average Bonchev–Trinajstić information content (AvgIpc) is 3.65. The smallest absolute Gasteiger partial charge is 0.434 e. The maximum Gasteiger partial charge on any atom is 0.434 e. The van der Waals surface area contributed by atoms with E-state index < -0.39 is 17.9 Å². The van der Waals surface area contributed by atoms with Crippen molar-refractivity contribution in [2.75, 3.05) is 55.8 Å². The molecule has 1 saturated heterocycles. The molecule has 0 radical (unpaired) electrons. The Morgan fingerprint density at radius 1 is 1.05 bits per heavy atom. The van der Waals surface area contributed by atoms with E-state index in [9.17, 15) is 18.0 Å². The molecule has 0 atom stereocenters. The first-order valence-electron chi connectivity index (χ1n) is 13.5. The van der Waals surface area contributed by atoms with Crippen LogP contribution in [0.1, 0.15) is 5.69 Å². The molecule has 44 heavy (non-hydrogen) atoms. The molecule has 16 heteroatoms. The highest BCUT2D eigenvalue weighted by molar-refractivity contribution is 7.14. The van der Waals surface area contributed by atoms with E-state index in [0.717, 1.165) is 49.5 Å². The van der Waals surface area contributed by atoms with Gasteiger partial charge in [0, 0.05) is 36.3 Å². The van der Waals surface area contributed by atoms with Crippen LogP contribution in [0.2, 0.25) is 0 Å². The van der Waals surface area contributed by atoms with Gasteiger partial charge in [0.2, 0.25) is 0 Å². The Balaban J connectivity index is 1.16. The largest absolute Gasteiger partial charge is 0.492 e. The number of nitrogens with one attached hydrogen (secondary N) is 2. The quantitative estimate of drug-likeness (QED) is 0.219. The molecule has 4 heterocycles. The number of amides is 2. The second-order valence-electron chi connectivity index (χ2n) is 9.71. The molecule has 0 saturated carbocycles. The van der Waals surface area contributed by atoms with Crippen molar-refractivity contribution < 1.29 is 27.4 Å². The van der Waals surface area contributed by atoms with Gasteiger partial charge in [0.25, 0.3) is 0 Å². The average molecular weight is 626 g/mol. The molecule has 0 bridgehead atoms. The third-order valence-electron chi connectivity index (χ3n) is 6.79. The van der Waals surface area contributed by atoms with Gasteiger partial charge in [0.15, 0.2) is 16.5 Å². The molecule has 1 aliphatic heterocycles. The Morgan fingerprint density at radius 2 is 1.80 bits per heavy atom. The maximum absolute atomic E-state index is 12.8. The van der Waals surface area contributed by atoms with Crippen LogP contribution in [0, 0.1) is 0 Å². The number of urea groups is 1. The number of nitrogens with zero attached hydrogens (tertiary/aromatic N) is 6. The van der Waals surface area contributed by atoms with Gasteiger partial charge in [-0.1, -0.05) is 0 Å². The summed E-state index contributed by atoms with van der Waals surface area (Å²) in [5.74, 6) is 1.01.